The van der Waals surface area contributed by atoms with E-state index < -0.39 is 5.60 Å². The highest BCUT2D eigenvalue weighted by molar-refractivity contribution is 6.31. The molecule has 0 bridgehead atoms. The lowest BCUT2D eigenvalue weighted by Crippen LogP contribution is -2.31. The van der Waals surface area contributed by atoms with Gasteiger partial charge in [-0.25, -0.2) is 4.39 Å². The van der Waals surface area contributed by atoms with Crippen molar-refractivity contribution in [3.8, 4) is 0 Å². The fourth-order valence-electron chi connectivity index (χ4n) is 3.46. The number of rotatable bonds is 2. The van der Waals surface area contributed by atoms with E-state index in [0.29, 0.717) is 22.9 Å². The van der Waals surface area contributed by atoms with Crippen LogP contribution in [0, 0.1) is 17.2 Å². The molecule has 1 nitrogen and oxygen atoms in total. The first-order valence-electron chi connectivity index (χ1n) is 7.86. The van der Waals surface area contributed by atoms with Gasteiger partial charge in [0.15, 0.2) is 0 Å². The second kappa shape index (κ2) is 6.26. The van der Waals surface area contributed by atoms with Crippen molar-refractivity contribution in [1.82, 2.24) is 0 Å². The van der Waals surface area contributed by atoms with Gasteiger partial charge in [0.25, 0.3) is 0 Å². The summed E-state index contributed by atoms with van der Waals surface area (Å²) in [5.41, 5.74) is -0.108. The standard InChI is InChI=1S/C18H26ClFO/c1-17(2,3)13-6-5-10-18(21,11-9-13)12-14-15(19)7-4-8-16(14)20/h4,7-8,13,21H,5-6,9-12H2,1-3H3. The summed E-state index contributed by atoms with van der Waals surface area (Å²) >= 11 is 6.10. The lowest BCUT2D eigenvalue weighted by atomic mass is 9.76. The lowest BCUT2D eigenvalue weighted by Gasteiger charge is -2.31. The lowest BCUT2D eigenvalue weighted by molar-refractivity contribution is 0.0218. The van der Waals surface area contributed by atoms with Gasteiger partial charge in [-0.15, -0.1) is 0 Å². The Morgan fingerprint density at radius 3 is 2.62 bits per heavy atom. The SMILES string of the molecule is CC(C)(C)C1CCCC(O)(Cc2c(F)cccc2Cl)CC1. The highest BCUT2D eigenvalue weighted by Gasteiger charge is 2.35. The first kappa shape index (κ1) is 16.8. The van der Waals surface area contributed by atoms with Crippen LogP contribution in [0.4, 0.5) is 4.39 Å². The Kier molecular flexibility index (Phi) is 4.99. The summed E-state index contributed by atoms with van der Waals surface area (Å²) in [6.07, 6.45) is 4.88. The van der Waals surface area contributed by atoms with E-state index in [0.717, 1.165) is 32.1 Å². The van der Waals surface area contributed by atoms with Crippen LogP contribution in [0.25, 0.3) is 0 Å². The summed E-state index contributed by atoms with van der Waals surface area (Å²) in [6.45, 7) is 6.78. The van der Waals surface area contributed by atoms with Crippen molar-refractivity contribution in [2.24, 2.45) is 11.3 Å². The minimum absolute atomic E-state index is 0.265. The highest BCUT2D eigenvalue weighted by Crippen LogP contribution is 2.41. The topological polar surface area (TPSA) is 20.2 Å². The molecule has 0 aromatic heterocycles. The van der Waals surface area contributed by atoms with Crippen LogP contribution in [-0.4, -0.2) is 10.7 Å². The minimum atomic E-state index is -0.828. The molecule has 1 aromatic carbocycles. The van der Waals surface area contributed by atoms with Crippen LogP contribution in [0.1, 0.15) is 58.4 Å². The van der Waals surface area contributed by atoms with Crippen LogP contribution < -0.4 is 0 Å². The molecule has 0 amide bonds. The molecule has 0 aliphatic heterocycles. The van der Waals surface area contributed by atoms with E-state index in [1.807, 2.05) is 0 Å². The molecule has 1 aromatic rings. The van der Waals surface area contributed by atoms with E-state index in [4.69, 9.17) is 11.6 Å². The predicted octanol–water partition coefficient (Wildman–Crippen LogP) is 5.38. The van der Waals surface area contributed by atoms with Gasteiger partial charge in [-0.05, 0) is 49.1 Å². The maximum atomic E-state index is 13.9. The van der Waals surface area contributed by atoms with Gasteiger partial charge >= 0.3 is 0 Å². The summed E-state index contributed by atoms with van der Waals surface area (Å²) in [7, 11) is 0. The maximum absolute atomic E-state index is 13.9. The molecule has 1 aliphatic rings. The summed E-state index contributed by atoms with van der Waals surface area (Å²) in [5, 5.41) is 11.3. The zero-order valence-electron chi connectivity index (χ0n) is 13.3. The summed E-state index contributed by atoms with van der Waals surface area (Å²) in [5.74, 6) is 0.301. The molecule has 2 rings (SSSR count). The summed E-state index contributed by atoms with van der Waals surface area (Å²) in [4.78, 5) is 0. The molecule has 2 atom stereocenters. The zero-order chi connectivity index (χ0) is 15.7. The molecule has 0 saturated heterocycles. The van der Waals surface area contributed by atoms with Gasteiger partial charge in [0.1, 0.15) is 5.82 Å². The van der Waals surface area contributed by atoms with Crippen LogP contribution in [0.15, 0.2) is 18.2 Å². The molecule has 3 heteroatoms. The Morgan fingerprint density at radius 2 is 2.00 bits per heavy atom. The molecule has 1 saturated carbocycles. The second-order valence-electron chi connectivity index (χ2n) is 7.60. The Bertz CT molecular complexity index is 474. The fourth-order valence-corrected chi connectivity index (χ4v) is 3.69. The van der Waals surface area contributed by atoms with Crippen LogP contribution in [-0.2, 0) is 6.42 Å². The maximum Gasteiger partial charge on any atom is 0.127 e. The van der Waals surface area contributed by atoms with Crippen LogP contribution >= 0.6 is 11.6 Å². The van der Waals surface area contributed by atoms with Crippen molar-refractivity contribution >= 4 is 11.6 Å². The van der Waals surface area contributed by atoms with E-state index in [1.165, 1.54) is 6.07 Å². The average Bonchev–Trinajstić information content (AvgIpc) is 2.56. The van der Waals surface area contributed by atoms with Gasteiger partial charge in [0.2, 0.25) is 0 Å². The largest absolute Gasteiger partial charge is 0.390 e. The number of hydrogen-bond acceptors (Lipinski definition) is 1. The van der Waals surface area contributed by atoms with Crippen LogP contribution in [0.5, 0.6) is 0 Å². The number of halogens is 2. The van der Waals surface area contributed by atoms with Crippen molar-refractivity contribution in [3.05, 3.63) is 34.6 Å². The molecule has 1 N–H and O–H groups in total. The molecular weight excluding hydrogens is 287 g/mol. The van der Waals surface area contributed by atoms with Crippen molar-refractivity contribution in [1.29, 1.82) is 0 Å². The third-order valence-corrected chi connectivity index (χ3v) is 5.30. The fraction of sp³-hybridized carbons (Fsp3) is 0.667. The minimum Gasteiger partial charge on any atom is -0.390 e. The van der Waals surface area contributed by atoms with E-state index in [-0.39, 0.29) is 11.2 Å². The van der Waals surface area contributed by atoms with Crippen LogP contribution in [0.2, 0.25) is 5.02 Å². The summed E-state index contributed by atoms with van der Waals surface area (Å²) in [6, 6.07) is 4.71. The predicted molar refractivity (Wildman–Crippen MR) is 86.1 cm³/mol. The van der Waals surface area contributed by atoms with Gasteiger partial charge in [0.05, 0.1) is 5.60 Å². The quantitative estimate of drug-likeness (QED) is 0.727. The van der Waals surface area contributed by atoms with Gasteiger partial charge < -0.3 is 5.11 Å². The molecule has 21 heavy (non-hydrogen) atoms. The molecule has 118 valence electrons. The van der Waals surface area contributed by atoms with E-state index in [9.17, 15) is 9.50 Å². The Balaban J connectivity index is 2.13. The number of hydrogen-bond donors (Lipinski definition) is 1. The van der Waals surface area contributed by atoms with Crippen LogP contribution in [0.3, 0.4) is 0 Å². The van der Waals surface area contributed by atoms with Crippen molar-refractivity contribution < 1.29 is 9.50 Å². The van der Waals surface area contributed by atoms with Gasteiger partial charge in [-0.1, -0.05) is 44.9 Å². The monoisotopic (exact) mass is 312 g/mol. The molecule has 0 heterocycles. The van der Waals surface area contributed by atoms with Gasteiger partial charge in [-0.2, -0.15) is 0 Å². The molecular formula is C18H26ClFO. The smallest absolute Gasteiger partial charge is 0.127 e. The molecule has 1 fully saturated rings. The van der Waals surface area contributed by atoms with Gasteiger partial charge in [-0.3, -0.25) is 0 Å². The van der Waals surface area contributed by atoms with Crippen molar-refractivity contribution in [3.63, 3.8) is 0 Å². The normalized spacial score (nSPS) is 27.4. The Hall–Kier alpha value is -0.600. The highest BCUT2D eigenvalue weighted by atomic mass is 35.5. The first-order chi connectivity index (χ1) is 9.71. The molecule has 1 aliphatic carbocycles. The van der Waals surface area contributed by atoms with Crippen molar-refractivity contribution in [2.75, 3.05) is 0 Å². The Morgan fingerprint density at radius 1 is 1.29 bits per heavy atom. The van der Waals surface area contributed by atoms with E-state index >= 15 is 0 Å². The van der Waals surface area contributed by atoms with E-state index in [2.05, 4.69) is 20.8 Å². The molecule has 0 radical (unpaired) electrons. The van der Waals surface area contributed by atoms with E-state index in [1.54, 1.807) is 12.1 Å². The number of benzene rings is 1. The second-order valence-corrected chi connectivity index (χ2v) is 8.00. The molecule has 2 unspecified atom stereocenters. The third kappa shape index (κ3) is 4.20. The Labute approximate surface area is 132 Å². The zero-order valence-corrected chi connectivity index (χ0v) is 14.0. The number of aliphatic hydroxyl groups is 1. The molecule has 0 spiro atoms. The van der Waals surface area contributed by atoms with Crippen molar-refractivity contribution in [2.45, 2.75) is 64.9 Å². The first-order valence-corrected chi connectivity index (χ1v) is 8.24. The summed E-state index contributed by atoms with van der Waals surface area (Å²) < 4.78 is 13.9. The van der Waals surface area contributed by atoms with Gasteiger partial charge in [0, 0.05) is 17.0 Å². The average molecular weight is 313 g/mol. The third-order valence-electron chi connectivity index (χ3n) is 4.95.